The molecule has 0 fully saturated rings. The second kappa shape index (κ2) is 3.42. The molecule has 1 nitrogen and oxygen atoms in total. The maximum absolute atomic E-state index is 5.55. The lowest BCUT2D eigenvalue weighted by molar-refractivity contribution is 0.802. The first kappa shape index (κ1) is 8.12. The molecule has 1 rings (SSSR count). The summed E-state index contributed by atoms with van der Waals surface area (Å²) >= 11 is 0. The average molecular weight is 148 g/mol. The van der Waals surface area contributed by atoms with Crippen molar-refractivity contribution in [1.82, 2.24) is 0 Å². The Morgan fingerprint density at radius 3 is 2.36 bits per heavy atom. The van der Waals surface area contributed by atoms with E-state index in [1.807, 2.05) is 24.3 Å². The molecule has 0 aromatic heterocycles. The van der Waals surface area contributed by atoms with Crippen LogP contribution in [0.4, 0.5) is 5.69 Å². The van der Waals surface area contributed by atoms with E-state index >= 15 is 0 Å². The summed E-state index contributed by atoms with van der Waals surface area (Å²) in [6.45, 7) is 6.15. The summed E-state index contributed by atoms with van der Waals surface area (Å²) in [5, 5.41) is 0. The Kier molecular flexibility index (Phi) is 2.53. The molecule has 0 aliphatic rings. The normalized spacial score (nSPS) is 12.9. The summed E-state index contributed by atoms with van der Waals surface area (Å²) < 4.78 is 0. The van der Waals surface area contributed by atoms with Crippen LogP contribution in [0.1, 0.15) is 24.8 Å². The highest BCUT2D eigenvalue weighted by Gasteiger charge is 2.00. The third kappa shape index (κ3) is 1.97. The second-order valence-corrected chi connectivity index (χ2v) is 2.77. The van der Waals surface area contributed by atoms with Crippen molar-refractivity contribution < 1.29 is 0 Å². The van der Waals surface area contributed by atoms with E-state index in [1.54, 1.807) is 0 Å². The molecule has 0 aliphatic heterocycles. The van der Waals surface area contributed by atoms with Crippen molar-refractivity contribution in [2.24, 2.45) is 0 Å². The molecule has 0 aliphatic carbocycles. The molecule has 1 unspecified atom stereocenters. The second-order valence-electron chi connectivity index (χ2n) is 2.77. The van der Waals surface area contributed by atoms with E-state index in [2.05, 4.69) is 13.8 Å². The average Bonchev–Trinajstić information content (AvgIpc) is 2.05. The molecule has 1 aromatic rings. The predicted octanol–water partition coefficient (Wildman–Crippen LogP) is 2.60. The van der Waals surface area contributed by atoms with Crippen LogP contribution in [0.2, 0.25) is 0 Å². The fourth-order valence-corrected chi connectivity index (χ4v) is 1.00. The van der Waals surface area contributed by atoms with Gasteiger partial charge in [-0.2, -0.15) is 0 Å². The number of nitrogens with two attached hydrogens (primary N) is 1. The topological polar surface area (TPSA) is 26.0 Å². The summed E-state index contributed by atoms with van der Waals surface area (Å²) in [7, 11) is 0. The molecular formula is C10H14N. The van der Waals surface area contributed by atoms with Gasteiger partial charge in [-0.1, -0.05) is 19.1 Å². The molecule has 1 heteroatoms. The zero-order chi connectivity index (χ0) is 8.27. The van der Waals surface area contributed by atoms with Crippen LogP contribution >= 0.6 is 0 Å². The van der Waals surface area contributed by atoms with E-state index in [4.69, 9.17) is 5.73 Å². The SMILES string of the molecule is [CH2]C(CC)c1ccc(N)cc1. The van der Waals surface area contributed by atoms with Gasteiger partial charge in [-0.05, 0) is 37.0 Å². The van der Waals surface area contributed by atoms with Crippen molar-refractivity contribution >= 4 is 5.69 Å². The van der Waals surface area contributed by atoms with E-state index in [0.29, 0.717) is 5.92 Å². The first-order chi connectivity index (χ1) is 5.24. The molecule has 1 radical (unpaired) electrons. The zero-order valence-corrected chi connectivity index (χ0v) is 6.88. The van der Waals surface area contributed by atoms with Crippen LogP contribution in [0.25, 0.3) is 0 Å². The first-order valence-electron chi connectivity index (χ1n) is 3.92. The summed E-state index contributed by atoms with van der Waals surface area (Å²) in [6, 6.07) is 7.92. The Hall–Kier alpha value is -0.980. The monoisotopic (exact) mass is 148 g/mol. The van der Waals surface area contributed by atoms with E-state index in [-0.39, 0.29) is 0 Å². The van der Waals surface area contributed by atoms with Crippen LogP contribution in [0, 0.1) is 6.92 Å². The summed E-state index contributed by atoms with van der Waals surface area (Å²) in [6.07, 6.45) is 1.07. The van der Waals surface area contributed by atoms with Gasteiger partial charge >= 0.3 is 0 Å². The highest BCUT2D eigenvalue weighted by molar-refractivity contribution is 5.40. The number of hydrogen-bond acceptors (Lipinski definition) is 1. The molecule has 2 N–H and O–H groups in total. The third-order valence-electron chi connectivity index (χ3n) is 1.90. The van der Waals surface area contributed by atoms with Crippen LogP contribution in [0.3, 0.4) is 0 Å². The molecular weight excluding hydrogens is 134 g/mol. The van der Waals surface area contributed by atoms with Gasteiger partial charge in [0.2, 0.25) is 0 Å². The Morgan fingerprint density at radius 1 is 1.36 bits per heavy atom. The van der Waals surface area contributed by atoms with E-state index in [1.165, 1.54) is 5.56 Å². The molecule has 11 heavy (non-hydrogen) atoms. The Morgan fingerprint density at radius 2 is 1.91 bits per heavy atom. The van der Waals surface area contributed by atoms with Crippen molar-refractivity contribution in [2.75, 3.05) is 5.73 Å². The Labute approximate surface area is 68.2 Å². The number of hydrogen-bond donors (Lipinski definition) is 1. The van der Waals surface area contributed by atoms with Gasteiger partial charge in [0, 0.05) is 5.69 Å². The summed E-state index contributed by atoms with van der Waals surface area (Å²) in [4.78, 5) is 0. The molecule has 1 atom stereocenters. The molecule has 0 saturated heterocycles. The minimum atomic E-state index is 0.399. The van der Waals surface area contributed by atoms with Gasteiger partial charge in [-0.25, -0.2) is 0 Å². The van der Waals surface area contributed by atoms with E-state index in [9.17, 15) is 0 Å². The fourth-order valence-electron chi connectivity index (χ4n) is 1.00. The lowest BCUT2D eigenvalue weighted by Gasteiger charge is -2.07. The van der Waals surface area contributed by atoms with Crippen molar-refractivity contribution in [1.29, 1.82) is 0 Å². The van der Waals surface area contributed by atoms with Gasteiger partial charge in [0.1, 0.15) is 0 Å². The lowest BCUT2D eigenvalue weighted by atomic mass is 9.99. The molecule has 0 saturated carbocycles. The molecule has 0 bridgehead atoms. The van der Waals surface area contributed by atoms with Crippen LogP contribution in [0.5, 0.6) is 0 Å². The van der Waals surface area contributed by atoms with Crippen LogP contribution < -0.4 is 5.73 Å². The van der Waals surface area contributed by atoms with E-state index in [0.717, 1.165) is 12.1 Å². The van der Waals surface area contributed by atoms with Gasteiger partial charge < -0.3 is 5.73 Å². The Balaban J connectivity index is 2.81. The number of anilines is 1. The van der Waals surface area contributed by atoms with Crippen LogP contribution in [-0.2, 0) is 0 Å². The quantitative estimate of drug-likeness (QED) is 0.641. The largest absolute Gasteiger partial charge is 0.399 e. The molecule has 0 amide bonds. The van der Waals surface area contributed by atoms with Crippen molar-refractivity contribution in [2.45, 2.75) is 19.3 Å². The summed E-state index contributed by atoms with van der Waals surface area (Å²) in [5.74, 6) is 0.399. The van der Waals surface area contributed by atoms with Gasteiger partial charge in [0.25, 0.3) is 0 Å². The maximum Gasteiger partial charge on any atom is 0.0314 e. The molecule has 1 aromatic carbocycles. The van der Waals surface area contributed by atoms with Crippen molar-refractivity contribution in [3.8, 4) is 0 Å². The molecule has 59 valence electrons. The molecule has 0 heterocycles. The predicted molar refractivity (Wildman–Crippen MR) is 49.2 cm³/mol. The number of nitrogen functional groups attached to an aromatic ring is 1. The van der Waals surface area contributed by atoms with Gasteiger partial charge in [0.15, 0.2) is 0 Å². The Bertz CT molecular complexity index is 213. The standard InChI is InChI=1S/C10H14N/c1-3-8(2)9-4-6-10(11)7-5-9/h4-8H,2-3,11H2,1H3. The van der Waals surface area contributed by atoms with Crippen LogP contribution in [-0.4, -0.2) is 0 Å². The van der Waals surface area contributed by atoms with E-state index < -0.39 is 0 Å². The van der Waals surface area contributed by atoms with Crippen molar-refractivity contribution in [3.05, 3.63) is 36.8 Å². The zero-order valence-electron chi connectivity index (χ0n) is 6.88. The smallest absolute Gasteiger partial charge is 0.0314 e. The lowest BCUT2D eigenvalue weighted by Crippen LogP contribution is -1.92. The van der Waals surface area contributed by atoms with Gasteiger partial charge in [-0.3, -0.25) is 0 Å². The maximum atomic E-state index is 5.55. The summed E-state index contributed by atoms with van der Waals surface area (Å²) in [5.41, 5.74) is 7.63. The number of rotatable bonds is 2. The number of benzene rings is 1. The first-order valence-corrected chi connectivity index (χ1v) is 3.92. The van der Waals surface area contributed by atoms with Crippen LogP contribution in [0.15, 0.2) is 24.3 Å². The van der Waals surface area contributed by atoms with Gasteiger partial charge in [0.05, 0.1) is 0 Å². The fraction of sp³-hybridized carbons (Fsp3) is 0.300. The molecule has 0 spiro atoms. The highest BCUT2D eigenvalue weighted by atomic mass is 14.5. The highest BCUT2D eigenvalue weighted by Crippen LogP contribution is 2.18. The van der Waals surface area contributed by atoms with Crippen molar-refractivity contribution in [3.63, 3.8) is 0 Å². The minimum Gasteiger partial charge on any atom is -0.399 e. The minimum absolute atomic E-state index is 0.399. The van der Waals surface area contributed by atoms with Gasteiger partial charge in [-0.15, -0.1) is 0 Å². The third-order valence-corrected chi connectivity index (χ3v) is 1.90.